The molecule has 0 spiro atoms. The summed E-state index contributed by atoms with van der Waals surface area (Å²) < 4.78 is 31.2. The number of aliphatic hydroxyl groups is 1. The number of benzene rings is 1. The molecular formula is C10H10F2O4. The zero-order chi connectivity index (χ0) is 12.3. The molecule has 1 aromatic rings. The van der Waals surface area contributed by atoms with Crippen LogP contribution < -0.4 is 0 Å². The zero-order valence-electron chi connectivity index (χ0n) is 8.41. The van der Waals surface area contributed by atoms with E-state index in [9.17, 15) is 13.6 Å². The first-order valence-electron chi connectivity index (χ1n) is 4.35. The molecular weight excluding hydrogens is 222 g/mol. The minimum Gasteiger partial charge on any atom is -0.479 e. The lowest BCUT2D eigenvalue weighted by atomic mass is 10.1. The Morgan fingerprint density at radius 3 is 2.31 bits per heavy atom. The lowest BCUT2D eigenvalue weighted by molar-refractivity contribution is -0.146. The highest BCUT2D eigenvalue weighted by molar-refractivity contribution is 5.74. The van der Waals surface area contributed by atoms with Gasteiger partial charge in [-0.3, -0.25) is 0 Å². The second kappa shape index (κ2) is 5.00. The van der Waals surface area contributed by atoms with Gasteiger partial charge in [0.05, 0.1) is 6.61 Å². The summed E-state index contributed by atoms with van der Waals surface area (Å²) in [5, 5.41) is 17.6. The molecule has 0 aliphatic heterocycles. The Kier molecular flexibility index (Phi) is 3.92. The number of ether oxygens (including phenoxy) is 1. The molecule has 0 aliphatic rings. The van der Waals surface area contributed by atoms with Gasteiger partial charge in [-0.25, -0.2) is 13.6 Å². The van der Waals surface area contributed by atoms with Crippen molar-refractivity contribution in [2.24, 2.45) is 0 Å². The number of hydrogen-bond acceptors (Lipinski definition) is 3. The number of carboxylic acids is 1. The van der Waals surface area contributed by atoms with Gasteiger partial charge in [-0.2, -0.15) is 0 Å². The van der Waals surface area contributed by atoms with Crippen molar-refractivity contribution in [1.29, 1.82) is 0 Å². The fourth-order valence-electron chi connectivity index (χ4n) is 1.21. The van der Waals surface area contributed by atoms with E-state index in [1.165, 1.54) is 7.11 Å². The van der Waals surface area contributed by atoms with Crippen molar-refractivity contribution in [3.63, 3.8) is 0 Å². The minimum atomic E-state index is -1.94. The largest absolute Gasteiger partial charge is 0.479 e. The van der Waals surface area contributed by atoms with Gasteiger partial charge in [0, 0.05) is 12.7 Å². The molecule has 0 saturated carbocycles. The van der Waals surface area contributed by atoms with Crippen LogP contribution in [-0.4, -0.2) is 23.3 Å². The Bertz CT molecular complexity index is 383. The lowest BCUT2D eigenvalue weighted by Gasteiger charge is -2.09. The van der Waals surface area contributed by atoms with Crippen LogP contribution in [0.5, 0.6) is 0 Å². The first-order chi connectivity index (χ1) is 7.47. The Labute approximate surface area is 90.1 Å². The average molecular weight is 232 g/mol. The first kappa shape index (κ1) is 12.5. The monoisotopic (exact) mass is 232 g/mol. The van der Waals surface area contributed by atoms with Crippen LogP contribution in [-0.2, 0) is 16.1 Å². The number of carbonyl (C=O) groups is 1. The van der Waals surface area contributed by atoms with Gasteiger partial charge in [-0.1, -0.05) is 0 Å². The van der Waals surface area contributed by atoms with Crippen molar-refractivity contribution in [2.45, 2.75) is 12.7 Å². The lowest BCUT2D eigenvalue weighted by Crippen LogP contribution is -2.12. The van der Waals surface area contributed by atoms with Gasteiger partial charge < -0.3 is 14.9 Å². The maximum atomic E-state index is 13.3. The Hall–Kier alpha value is -1.53. The Balaban J connectivity index is 3.14. The van der Waals surface area contributed by atoms with Crippen LogP contribution in [0.25, 0.3) is 0 Å². The van der Waals surface area contributed by atoms with Crippen LogP contribution in [0.15, 0.2) is 12.1 Å². The fraction of sp³-hybridized carbons (Fsp3) is 0.300. The number of aliphatic carboxylic acids is 1. The standard InChI is InChI=1S/C10H10F2O4/c1-16-4-6-7(11)2-5(3-8(6)12)9(13)10(14)15/h2-3,9,13H,4H2,1H3,(H,14,15). The second-order valence-corrected chi connectivity index (χ2v) is 3.14. The molecule has 6 heteroatoms. The summed E-state index contributed by atoms with van der Waals surface area (Å²) in [4.78, 5) is 10.4. The highest BCUT2D eigenvalue weighted by atomic mass is 19.1. The van der Waals surface area contributed by atoms with Crippen LogP contribution in [0.4, 0.5) is 8.78 Å². The molecule has 0 heterocycles. The summed E-state index contributed by atoms with van der Waals surface area (Å²) in [5.74, 6) is -3.47. The molecule has 0 aromatic heterocycles. The van der Waals surface area contributed by atoms with E-state index in [1.807, 2.05) is 0 Å². The number of rotatable bonds is 4. The summed E-state index contributed by atoms with van der Waals surface area (Å²) in [6, 6.07) is 1.55. The van der Waals surface area contributed by atoms with Crippen LogP contribution in [0.2, 0.25) is 0 Å². The Morgan fingerprint density at radius 1 is 1.44 bits per heavy atom. The SMILES string of the molecule is COCc1c(F)cc(C(O)C(=O)O)cc1F. The number of hydrogen-bond donors (Lipinski definition) is 2. The van der Waals surface area contributed by atoms with E-state index in [2.05, 4.69) is 4.74 Å². The minimum absolute atomic E-state index is 0.263. The van der Waals surface area contributed by atoms with E-state index in [4.69, 9.17) is 10.2 Å². The summed E-state index contributed by atoms with van der Waals surface area (Å²) in [6.45, 7) is -0.263. The summed E-state index contributed by atoms with van der Waals surface area (Å²) >= 11 is 0. The molecule has 0 bridgehead atoms. The molecule has 1 rings (SSSR count). The van der Waals surface area contributed by atoms with Gasteiger partial charge in [0.15, 0.2) is 6.10 Å². The Morgan fingerprint density at radius 2 is 1.94 bits per heavy atom. The third kappa shape index (κ3) is 2.53. The molecule has 0 aliphatic carbocycles. The van der Waals surface area contributed by atoms with Crippen molar-refractivity contribution < 1.29 is 28.5 Å². The van der Waals surface area contributed by atoms with Crippen molar-refractivity contribution in [3.8, 4) is 0 Å². The molecule has 1 aromatic carbocycles. The number of carboxylic acid groups (broad SMARTS) is 1. The third-order valence-corrected chi connectivity index (χ3v) is 2.00. The summed E-state index contributed by atoms with van der Waals surface area (Å²) in [5.41, 5.74) is -0.647. The predicted octanol–water partition coefficient (Wildman–Crippen LogP) is 1.23. The summed E-state index contributed by atoms with van der Waals surface area (Å²) in [6.07, 6.45) is -1.94. The van der Waals surface area contributed by atoms with E-state index in [-0.39, 0.29) is 17.7 Å². The van der Waals surface area contributed by atoms with Gasteiger partial charge >= 0.3 is 5.97 Å². The van der Waals surface area contributed by atoms with Crippen LogP contribution in [0.3, 0.4) is 0 Å². The van der Waals surface area contributed by atoms with E-state index in [0.29, 0.717) is 0 Å². The van der Waals surface area contributed by atoms with Gasteiger partial charge in [-0.05, 0) is 17.7 Å². The molecule has 1 atom stereocenters. The number of methoxy groups -OCH3 is 1. The molecule has 0 radical (unpaired) electrons. The zero-order valence-corrected chi connectivity index (χ0v) is 8.41. The van der Waals surface area contributed by atoms with Crippen molar-refractivity contribution >= 4 is 5.97 Å². The van der Waals surface area contributed by atoms with E-state index < -0.39 is 23.7 Å². The average Bonchev–Trinajstić information content (AvgIpc) is 2.21. The van der Waals surface area contributed by atoms with Gasteiger partial charge in [0.2, 0.25) is 0 Å². The van der Waals surface area contributed by atoms with E-state index in [1.54, 1.807) is 0 Å². The highest BCUT2D eigenvalue weighted by Gasteiger charge is 2.20. The second-order valence-electron chi connectivity index (χ2n) is 3.14. The number of aliphatic hydroxyl groups excluding tert-OH is 1. The van der Waals surface area contributed by atoms with Crippen molar-refractivity contribution in [2.75, 3.05) is 7.11 Å². The fourth-order valence-corrected chi connectivity index (χ4v) is 1.21. The highest BCUT2D eigenvalue weighted by Crippen LogP contribution is 2.21. The van der Waals surface area contributed by atoms with Crippen LogP contribution in [0, 0.1) is 11.6 Å². The van der Waals surface area contributed by atoms with Crippen molar-refractivity contribution in [1.82, 2.24) is 0 Å². The normalized spacial score (nSPS) is 12.5. The smallest absolute Gasteiger partial charge is 0.337 e. The van der Waals surface area contributed by atoms with Gasteiger partial charge in [0.1, 0.15) is 11.6 Å². The van der Waals surface area contributed by atoms with Crippen LogP contribution >= 0.6 is 0 Å². The first-order valence-corrected chi connectivity index (χ1v) is 4.35. The summed E-state index contributed by atoms with van der Waals surface area (Å²) in [7, 11) is 1.28. The molecule has 0 fully saturated rings. The quantitative estimate of drug-likeness (QED) is 0.819. The maximum Gasteiger partial charge on any atom is 0.337 e. The predicted molar refractivity (Wildman–Crippen MR) is 49.7 cm³/mol. The van der Waals surface area contributed by atoms with E-state index >= 15 is 0 Å². The topological polar surface area (TPSA) is 66.8 Å². The van der Waals surface area contributed by atoms with Gasteiger partial charge in [-0.15, -0.1) is 0 Å². The van der Waals surface area contributed by atoms with E-state index in [0.717, 1.165) is 12.1 Å². The molecule has 16 heavy (non-hydrogen) atoms. The molecule has 2 N–H and O–H groups in total. The number of halogens is 2. The maximum absolute atomic E-state index is 13.3. The molecule has 4 nitrogen and oxygen atoms in total. The third-order valence-electron chi connectivity index (χ3n) is 2.00. The molecule has 0 saturated heterocycles. The molecule has 0 amide bonds. The van der Waals surface area contributed by atoms with Gasteiger partial charge in [0.25, 0.3) is 0 Å². The molecule has 88 valence electrons. The van der Waals surface area contributed by atoms with Crippen molar-refractivity contribution in [3.05, 3.63) is 34.9 Å². The van der Waals surface area contributed by atoms with Crippen LogP contribution in [0.1, 0.15) is 17.2 Å². The molecule has 1 unspecified atom stereocenters.